The first-order valence-corrected chi connectivity index (χ1v) is 3.95. The molecule has 0 radical (unpaired) electrons. The van der Waals surface area contributed by atoms with Crippen molar-refractivity contribution in [2.24, 2.45) is 5.92 Å². The molecule has 0 fully saturated rings. The zero-order valence-electron chi connectivity index (χ0n) is 7.35. The summed E-state index contributed by atoms with van der Waals surface area (Å²) in [6, 6.07) is 0. The van der Waals surface area contributed by atoms with Crippen molar-refractivity contribution in [3.05, 3.63) is 24.3 Å². The van der Waals surface area contributed by atoms with Gasteiger partial charge in [-0.25, -0.2) is 0 Å². The van der Waals surface area contributed by atoms with Crippen molar-refractivity contribution in [3.63, 3.8) is 0 Å². The molecule has 0 spiro atoms. The van der Waals surface area contributed by atoms with Crippen molar-refractivity contribution in [2.45, 2.75) is 33.6 Å². The molecule has 0 rings (SSSR count). The van der Waals surface area contributed by atoms with Crippen LogP contribution in [0.4, 0.5) is 0 Å². The fourth-order valence-electron chi connectivity index (χ4n) is 0.759. The van der Waals surface area contributed by atoms with Gasteiger partial charge in [0.05, 0.1) is 0 Å². The lowest BCUT2D eigenvalue weighted by Gasteiger charge is -2.07. The van der Waals surface area contributed by atoms with Crippen molar-refractivity contribution in [3.8, 4) is 0 Å². The first-order chi connectivity index (χ1) is 4.68. The first kappa shape index (κ1) is 9.48. The highest BCUT2D eigenvalue weighted by Crippen LogP contribution is 2.13. The molecule has 0 aliphatic rings. The average Bonchev–Trinajstić information content (AvgIpc) is 1.88. The molecule has 0 N–H and O–H groups in total. The average molecular weight is 138 g/mol. The van der Waals surface area contributed by atoms with Crippen LogP contribution in [0.5, 0.6) is 0 Å². The summed E-state index contributed by atoms with van der Waals surface area (Å²) in [5.41, 5.74) is 1.30. The maximum Gasteiger partial charge on any atom is -0.0234 e. The lowest BCUT2D eigenvalue weighted by Crippen LogP contribution is -1.93. The molecule has 1 atom stereocenters. The maximum absolute atomic E-state index is 3.91. The van der Waals surface area contributed by atoms with Crippen molar-refractivity contribution in [1.29, 1.82) is 0 Å². The van der Waals surface area contributed by atoms with Crippen molar-refractivity contribution < 1.29 is 0 Å². The van der Waals surface area contributed by atoms with E-state index in [-0.39, 0.29) is 0 Å². The van der Waals surface area contributed by atoms with Crippen LogP contribution in [0.15, 0.2) is 24.3 Å². The molecule has 0 aromatic heterocycles. The molecular weight excluding hydrogens is 120 g/mol. The molecule has 1 unspecified atom stereocenters. The second-order valence-corrected chi connectivity index (χ2v) is 2.89. The SMILES string of the molecule is C=C(C)C(C)CC/C=C\C. The molecule has 0 nitrogen and oxygen atoms in total. The highest BCUT2D eigenvalue weighted by atomic mass is 14.0. The van der Waals surface area contributed by atoms with E-state index in [0.29, 0.717) is 5.92 Å². The van der Waals surface area contributed by atoms with Gasteiger partial charge in [0.2, 0.25) is 0 Å². The second kappa shape index (κ2) is 5.28. The Bertz CT molecular complexity index is 120. The molecule has 0 heteroatoms. The van der Waals surface area contributed by atoms with Crippen LogP contribution in [0.25, 0.3) is 0 Å². The van der Waals surface area contributed by atoms with Crippen LogP contribution in [0.2, 0.25) is 0 Å². The second-order valence-electron chi connectivity index (χ2n) is 2.89. The Morgan fingerprint density at radius 2 is 2.20 bits per heavy atom. The minimum absolute atomic E-state index is 0.677. The number of rotatable bonds is 4. The quantitative estimate of drug-likeness (QED) is 0.521. The largest absolute Gasteiger partial charge is 0.0999 e. The van der Waals surface area contributed by atoms with E-state index in [1.54, 1.807) is 0 Å². The summed E-state index contributed by atoms with van der Waals surface area (Å²) in [6.07, 6.45) is 6.73. The monoisotopic (exact) mass is 138 g/mol. The van der Waals surface area contributed by atoms with Crippen LogP contribution in [0, 0.1) is 5.92 Å². The lowest BCUT2D eigenvalue weighted by atomic mass is 9.99. The third-order valence-electron chi connectivity index (χ3n) is 1.84. The smallest absolute Gasteiger partial charge is 0.0234 e. The van der Waals surface area contributed by atoms with Gasteiger partial charge in [0.15, 0.2) is 0 Å². The Balaban J connectivity index is 3.39. The molecule has 0 amide bonds. The van der Waals surface area contributed by atoms with E-state index in [4.69, 9.17) is 0 Å². The summed E-state index contributed by atoms with van der Waals surface area (Å²) in [6.45, 7) is 10.3. The van der Waals surface area contributed by atoms with Crippen LogP contribution in [-0.2, 0) is 0 Å². The molecular formula is C10H18. The van der Waals surface area contributed by atoms with Crippen LogP contribution in [0.3, 0.4) is 0 Å². The predicted molar refractivity (Wildman–Crippen MR) is 48.0 cm³/mol. The fraction of sp³-hybridized carbons (Fsp3) is 0.600. The van der Waals surface area contributed by atoms with Crippen molar-refractivity contribution in [1.82, 2.24) is 0 Å². The normalized spacial score (nSPS) is 13.9. The van der Waals surface area contributed by atoms with E-state index in [0.717, 1.165) is 0 Å². The summed E-state index contributed by atoms with van der Waals surface area (Å²) in [5.74, 6) is 0.677. The summed E-state index contributed by atoms with van der Waals surface area (Å²) in [5, 5.41) is 0. The van der Waals surface area contributed by atoms with E-state index in [9.17, 15) is 0 Å². The van der Waals surface area contributed by atoms with E-state index in [1.165, 1.54) is 18.4 Å². The van der Waals surface area contributed by atoms with E-state index < -0.39 is 0 Å². The third kappa shape index (κ3) is 4.37. The molecule has 10 heavy (non-hydrogen) atoms. The maximum atomic E-state index is 3.91. The highest BCUT2D eigenvalue weighted by Gasteiger charge is 1.98. The van der Waals surface area contributed by atoms with Gasteiger partial charge in [0.25, 0.3) is 0 Å². The van der Waals surface area contributed by atoms with Gasteiger partial charge in [-0.2, -0.15) is 0 Å². The summed E-state index contributed by atoms with van der Waals surface area (Å²) >= 11 is 0. The molecule has 0 bridgehead atoms. The van der Waals surface area contributed by atoms with Crippen LogP contribution in [-0.4, -0.2) is 0 Å². The van der Waals surface area contributed by atoms with E-state index in [1.807, 2.05) is 0 Å². The third-order valence-corrected chi connectivity index (χ3v) is 1.84. The predicted octanol–water partition coefficient (Wildman–Crippen LogP) is 3.55. The molecule has 0 aromatic carbocycles. The fourth-order valence-corrected chi connectivity index (χ4v) is 0.759. The van der Waals surface area contributed by atoms with Gasteiger partial charge in [-0.05, 0) is 32.6 Å². The Morgan fingerprint density at radius 1 is 1.60 bits per heavy atom. The Hall–Kier alpha value is -0.520. The molecule has 0 saturated carbocycles. The highest BCUT2D eigenvalue weighted by molar-refractivity contribution is 4.94. The number of hydrogen-bond acceptors (Lipinski definition) is 0. The molecule has 0 aliphatic carbocycles. The molecule has 0 aliphatic heterocycles. The first-order valence-electron chi connectivity index (χ1n) is 3.95. The van der Waals surface area contributed by atoms with Crippen molar-refractivity contribution in [2.75, 3.05) is 0 Å². The van der Waals surface area contributed by atoms with Crippen LogP contribution >= 0.6 is 0 Å². The topological polar surface area (TPSA) is 0 Å². The summed E-state index contributed by atoms with van der Waals surface area (Å²) in [4.78, 5) is 0. The van der Waals surface area contributed by atoms with Gasteiger partial charge in [0.1, 0.15) is 0 Å². The van der Waals surface area contributed by atoms with Crippen molar-refractivity contribution >= 4 is 0 Å². The zero-order chi connectivity index (χ0) is 7.98. The minimum atomic E-state index is 0.677. The standard InChI is InChI=1S/C10H18/c1-5-6-7-8-10(4)9(2)3/h5-6,10H,2,7-8H2,1,3-4H3/b6-5-. The Kier molecular flexibility index (Phi) is 5.00. The van der Waals surface area contributed by atoms with Gasteiger partial charge in [-0.1, -0.05) is 31.2 Å². The number of allylic oxidation sites excluding steroid dienone is 3. The summed E-state index contributed by atoms with van der Waals surface area (Å²) < 4.78 is 0. The van der Waals surface area contributed by atoms with Gasteiger partial charge in [0, 0.05) is 0 Å². The molecule has 58 valence electrons. The number of hydrogen-bond donors (Lipinski definition) is 0. The minimum Gasteiger partial charge on any atom is -0.0999 e. The van der Waals surface area contributed by atoms with E-state index >= 15 is 0 Å². The molecule has 0 aromatic rings. The molecule has 0 saturated heterocycles. The summed E-state index contributed by atoms with van der Waals surface area (Å²) in [7, 11) is 0. The Morgan fingerprint density at radius 3 is 2.60 bits per heavy atom. The van der Waals surface area contributed by atoms with Gasteiger partial charge >= 0.3 is 0 Å². The van der Waals surface area contributed by atoms with Gasteiger partial charge in [-0.15, -0.1) is 0 Å². The van der Waals surface area contributed by atoms with Gasteiger partial charge in [-0.3, -0.25) is 0 Å². The lowest BCUT2D eigenvalue weighted by molar-refractivity contribution is 0.623. The molecule has 0 heterocycles. The van der Waals surface area contributed by atoms with Crippen LogP contribution in [0.1, 0.15) is 33.6 Å². The van der Waals surface area contributed by atoms with E-state index in [2.05, 4.69) is 39.5 Å². The Labute approximate surface area is 64.6 Å². The zero-order valence-corrected chi connectivity index (χ0v) is 7.35. The van der Waals surface area contributed by atoms with Crippen LogP contribution < -0.4 is 0 Å². The van der Waals surface area contributed by atoms with Gasteiger partial charge < -0.3 is 0 Å².